The summed E-state index contributed by atoms with van der Waals surface area (Å²) < 4.78 is 4.87. The minimum absolute atomic E-state index is 0.668. The number of nitrogens with zero attached hydrogens (tertiary/aromatic N) is 6. The fourth-order valence-corrected chi connectivity index (χ4v) is 3.01. The largest absolute Gasteiger partial charge is 0.330 e. The molecule has 0 bridgehead atoms. The summed E-state index contributed by atoms with van der Waals surface area (Å²) in [5.41, 5.74) is 2.64. The smallest absolute Gasteiger partial charge is 0.177 e. The van der Waals surface area contributed by atoms with E-state index in [4.69, 9.17) is 0 Å². The van der Waals surface area contributed by atoms with Crippen LogP contribution in [-0.4, -0.2) is 29.1 Å². The molecule has 7 heteroatoms. The molecule has 118 valence electrons. The number of hydrogen-bond donors (Lipinski definition) is 0. The molecule has 4 rings (SSSR count). The molecule has 3 heterocycles. The van der Waals surface area contributed by atoms with Gasteiger partial charge in [0.2, 0.25) is 0 Å². The van der Waals surface area contributed by atoms with Gasteiger partial charge in [-0.3, -0.25) is 4.98 Å². The van der Waals surface area contributed by atoms with Gasteiger partial charge in [-0.05, 0) is 60.7 Å². The average Bonchev–Trinajstić information content (AvgIpc) is 3.10. The van der Waals surface area contributed by atoms with Gasteiger partial charge in [0.15, 0.2) is 11.5 Å². The molecule has 1 aliphatic carbocycles. The van der Waals surface area contributed by atoms with E-state index in [0.29, 0.717) is 5.82 Å². The Kier molecular flexibility index (Phi) is 3.52. The van der Waals surface area contributed by atoms with Crippen molar-refractivity contribution in [1.29, 1.82) is 0 Å². The highest BCUT2D eigenvalue weighted by atomic mass is 79.9. The summed E-state index contributed by atoms with van der Waals surface area (Å²) in [6.07, 6.45) is 10.4. The van der Waals surface area contributed by atoms with E-state index in [1.807, 2.05) is 42.9 Å². The molecule has 0 N–H and O–H groups in total. The zero-order chi connectivity index (χ0) is 16.0. The summed E-state index contributed by atoms with van der Waals surface area (Å²) in [5, 5.41) is 4.53. The van der Waals surface area contributed by atoms with Crippen LogP contribution in [-0.2, 0) is 6.54 Å². The van der Waals surface area contributed by atoms with E-state index in [1.165, 1.54) is 12.8 Å². The summed E-state index contributed by atoms with van der Waals surface area (Å²) in [6, 6.07) is 0. The van der Waals surface area contributed by atoms with E-state index in [9.17, 15) is 0 Å². The molecule has 0 spiro atoms. The molecule has 3 aromatic heterocycles. The summed E-state index contributed by atoms with van der Waals surface area (Å²) in [6.45, 7) is 4.94. The first-order valence-corrected chi connectivity index (χ1v) is 8.49. The van der Waals surface area contributed by atoms with Crippen LogP contribution in [0.15, 0.2) is 17.0 Å². The molecule has 1 aliphatic rings. The molecule has 1 saturated carbocycles. The highest BCUT2D eigenvalue weighted by Crippen LogP contribution is 2.31. The highest BCUT2D eigenvalue weighted by molar-refractivity contribution is 9.10. The summed E-state index contributed by atoms with van der Waals surface area (Å²) >= 11 is 3.46. The van der Waals surface area contributed by atoms with Crippen LogP contribution >= 0.6 is 15.9 Å². The van der Waals surface area contributed by atoms with E-state index in [-0.39, 0.29) is 0 Å². The van der Waals surface area contributed by atoms with Crippen molar-refractivity contribution in [3.05, 3.63) is 40.0 Å². The third-order valence-corrected chi connectivity index (χ3v) is 4.42. The van der Waals surface area contributed by atoms with Crippen molar-refractivity contribution < 1.29 is 0 Å². The van der Waals surface area contributed by atoms with Crippen molar-refractivity contribution in [2.24, 2.45) is 5.92 Å². The standard InChI is InChI=1S/C16H17BrN6/c1-10-7-18-11(2)16-20-14(21-23(10)16)5-6-15-19-13(17)9-22(15)8-12-3-4-12/h5-7,9,12H,3-4,8H2,1-2H3. The lowest BCUT2D eigenvalue weighted by atomic mass is 10.4. The fraction of sp³-hybridized carbons (Fsp3) is 0.375. The molecule has 3 aromatic rings. The predicted molar refractivity (Wildman–Crippen MR) is 91.8 cm³/mol. The van der Waals surface area contributed by atoms with Crippen LogP contribution in [0.3, 0.4) is 0 Å². The van der Waals surface area contributed by atoms with Gasteiger partial charge >= 0.3 is 0 Å². The second-order valence-electron chi connectivity index (χ2n) is 6.04. The Bertz CT molecular complexity index is 864. The number of aromatic nitrogens is 6. The maximum atomic E-state index is 4.55. The van der Waals surface area contributed by atoms with Crippen molar-refractivity contribution in [1.82, 2.24) is 29.1 Å². The number of fused-ring (bicyclic) bond motifs is 1. The maximum Gasteiger partial charge on any atom is 0.177 e. The summed E-state index contributed by atoms with van der Waals surface area (Å²) in [4.78, 5) is 13.4. The van der Waals surface area contributed by atoms with Crippen LogP contribution < -0.4 is 0 Å². The van der Waals surface area contributed by atoms with Gasteiger partial charge in [0.05, 0.1) is 11.4 Å². The molecular weight excluding hydrogens is 356 g/mol. The molecule has 0 atom stereocenters. The molecule has 0 unspecified atom stereocenters. The number of halogens is 1. The van der Waals surface area contributed by atoms with Crippen LogP contribution in [0.4, 0.5) is 0 Å². The van der Waals surface area contributed by atoms with Crippen LogP contribution in [0.25, 0.3) is 17.8 Å². The zero-order valence-electron chi connectivity index (χ0n) is 13.1. The Labute approximate surface area is 142 Å². The molecule has 23 heavy (non-hydrogen) atoms. The van der Waals surface area contributed by atoms with Gasteiger partial charge in [-0.25, -0.2) is 14.5 Å². The number of imidazole rings is 1. The highest BCUT2D eigenvalue weighted by Gasteiger charge is 2.22. The minimum Gasteiger partial charge on any atom is -0.330 e. The maximum absolute atomic E-state index is 4.55. The molecular formula is C16H17BrN6. The fourth-order valence-electron chi connectivity index (χ4n) is 2.59. The molecule has 0 saturated heterocycles. The first kappa shape index (κ1) is 14.6. The Morgan fingerprint density at radius 1 is 1.26 bits per heavy atom. The van der Waals surface area contributed by atoms with Crippen molar-refractivity contribution in [2.75, 3.05) is 0 Å². The summed E-state index contributed by atoms with van der Waals surface area (Å²) in [7, 11) is 0. The van der Waals surface area contributed by atoms with Crippen LogP contribution in [0.2, 0.25) is 0 Å². The second kappa shape index (κ2) is 5.56. The SMILES string of the molecule is Cc1ncc(C)n2nc(C=Cc3nc(Br)cn3CC3CC3)nc12. The van der Waals surface area contributed by atoms with Crippen LogP contribution in [0.5, 0.6) is 0 Å². The molecule has 1 fully saturated rings. The first-order valence-electron chi connectivity index (χ1n) is 7.70. The minimum atomic E-state index is 0.668. The Morgan fingerprint density at radius 3 is 2.83 bits per heavy atom. The van der Waals surface area contributed by atoms with Gasteiger partial charge in [-0.15, -0.1) is 5.10 Å². The lowest BCUT2D eigenvalue weighted by molar-refractivity contribution is 0.622. The first-order chi connectivity index (χ1) is 11.1. The number of hydrogen-bond acceptors (Lipinski definition) is 4. The van der Waals surface area contributed by atoms with Gasteiger partial charge in [-0.2, -0.15) is 0 Å². The molecule has 0 aliphatic heterocycles. The molecule has 6 nitrogen and oxygen atoms in total. The lowest BCUT2D eigenvalue weighted by Crippen LogP contribution is -2.00. The average molecular weight is 373 g/mol. The van der Waals surface area contributed by atoms with Crippen molar-refractivity contribution in [3.63, 3.8) is 0 Å². The quantitative estimate of drug-likeness (QED) is 0.704. The number of rotatable bonds is 4. The monoisotopic (exact) mass is 372 g/mol. The molecule has 0 radical (unpaired) electrons. The van der Waals surface area contributed by atoms with E-state index in [1.54, 1.807) is 0 Å². The van der Waals surface area contributed by atoms with Crippen LogP contribution in [0.1, 0.15) is 35.9 Å². The van der Waals surface area contributed by atoms with Gasteiger partial charge < -0.3 is 4.57 Å². The van der Waals surface area contributed by atoms with E-state index >= 15 is 0 Å². The Balaban J connectivity index is 1.66. The van der Waals surface area contributed by atoms with Gasteiger partial charge in [0.25, 0.3) is 0 Å². The van der Waals surface area contributed by atoms with E-state index < -0.39 is 0 Å². The van der Waals surface area contributed by atoms with Gasteiger partial charge in [0.1, 0.15) is 10.4 Å². The molecule has 0 amide bonds. The Morgan fingerprint density at radius 2 is 2.09 bits per heavy atom. The second-order valence-corrected chi connectivity index (χ2v) is 6.85. The summed E-state index contributed by atoms with van der Waals surface area (Å²) in [5.74, 6) is 2.39. The zero-order valence-corrected chi connectivity index (χ0v) is 14.7. The predicted octanol–water partition coefficient (Wildman–Crippen LogP) is 3.28. The van der Waals surface area contributed by atoms with Crippen molar-refractivity contribution in [2.45, 2.75) is 33.2 Å². The van der Waals surface area contributed by atoms with Gasteiger partial charge in [-0.1, -0.05) is 0 Å². The van der Waals surface area contributed by atoms with Crippen molar-refractivity contribution >= 4 is 33.7 Å². The lowest BCUT2D eigenvalue weighted by Gasteiger charge is -2.01. The van der Waals surface area contributed by atoms with E-state index in [2.05, 4.69) is 40.5 Å². The topological polar surface area (TPSA) is 60.9 Å². The number of aryl methyl sites for hydroxylation is 2. The van der Waals surface area contributed by atoms with Crippen LogP contribution in [0, 0.1) is 19.8 Å². The van der Waals surface area contributed by atoms with E-state index in [0.717, 1.165) is 39.9 Å². The van der Waals surface area contributed by atoms with Crippen molar-refractivity contribution in [3.8, 4) is 0 Å². The van der Waals surface area contributed by atoms with Gasteiger partial charge in [0, 0.05) is 18.9 Å². The normalized spacial score (nSPS) is 15.1. The Hall–Kier alpha value is -2.02. The third-order valence-electron chi connectivity index (χ3n) is 4.04. The third kappa shape index (κ3) is 2.93. The molecule has 0 aromatic carbocycles.